The maximum atomic E-state index is 11.9. The number of carbonyl (C=O) groups is 1. The van der Waals surface area contributed by atoms with E-state index in [9.17, 15) is 4.79 Å². The summed E-state index contributed by atoms with van der Waals surface area (Å²) in [6.45, 7) is 4.20. The van der Waals surface area contributed by atoms with Gasteiger partial charge in [-0.1, -0.05) is 13.0 Å². The van der Waals surface area contributed by atoms with Crippen LogP contribution < -0.4 is 15.4 Å². The van der Waals surface area contributed by atoms with Crippen molar-refractivity contribution in [1.82, 2.24) is 5.32 Å². The molecule has 0 radical (unpaired) electrons. The summed E-state index contributed by atoms with van der Waals surface area (Å²) in [6, 6.07) is 5.52. The standard InChI is InChI=1S/C14H18N2O3/c1-2-5-15-13-11-4-3-9(19-10-7-18-8-10)6-12(11)16-14(13)17/h3-4,6,10,13,15H,2,5,7-8H2,1H3,(H,16,17). The van der Waals surface area contributed by atoms with Crippen LogP contribution in [0.25, 0.3) is 0 Å². The zero-order valence-corrected chi connectivity index (χ0v) is 10.9. The number of carbonyl (C=O) groups excluding carboxylic acids is 1. The van der Waals surface area contributed by atoms with Gasteiger partial charge in [0.1, 0.15) is 17.9 Å². The number of hydrogen-bond donors (Lipinski definition) is 2. The normalized spacial score (nSPS) is 21.7. The summed E-state index contributed by atoms with van der Waals surface area (Å²) in [4.78, 5) is 11.9. The van der Waals surface area contributed by atoms with Crippen molar-refractivity contribution in [3.8, 4) is 5.75 Å². The first kappa shape index (κ1) is 12.4. The summed E-state index contributed by atoms with van der Waals surface area (Å²) in [6.07, 6.45) is 1.14. The molecule has 2 aliphatic heterocycles. The molecule has 0 bridgehead atoms. The zero-order chi connectivity index (χ0) is 13.2. The van der Waals surface area contributed by atoms with Crippen molar-refractivity contribution in [3.05, 3.63) is 23.8 Å². The lowest BCUT2D eigenvalue weighted by Gasteiger charge is -2.26. The Labute approximate surface area is 112 Å². The van der Waals surface area contributed by atoms with Gasteiger partial charge in [0.05, 0.1) is 13.2 Å². The molecule has 0 aromatic heterocycles. The van der Waals surface area contributed by atoms with Gasteiger partial charge in [0.15, 0.2) is 0 Å². The minimum atomic E-state index is -0.240. The van der Waals surface area contributed by atoms with Gasteiger partial charge in [-0.25, -0.2) is 0 Å². The summed E-state index contributed by atoms with van der Waals surface area (Å²) in [5, 5.41) is 6.14. The molecule has 1 amide bonds. The van der Waals surface area contributed by atoms with Crippen molar-refractivity contribution in [2.45, 2.75) is 25.5 Å². The van der Waals surface area contributed by atoms with Gasteiger partial charge in [-0.2, -0.15) is 0 Å². The molecule has 1 unspecified atom stereocenters. The maximum Gasteiger partial charge on any atom is 0.246 e. The quantitative estimate of drug-likeness (QED) is 0.843. The van der Waals surface area contributed by atoms with E-state index in [1.165, 1.54) is 0 Å². The molecule has 5 heteroatoms. The first-order valence-corrected chi connectivity index (χ1v) is 6.70. The molecule has 19 heavy (non-hydrogen) atoms. The van der Waals surface area contributed by atoms with Crippen LogP contribution in [0.1, 0.15) is 24.9 Å². The van der Waals surface area contributed by atoms with E-state index in [2.05, 4.69) is 17.6 Å². The van der Waals surface area contributed by atoms with E-state index in [0.29, 0.717) is 13.2 Å². The Morgan fingerprint density at radius 2 is 2.32 bits per heavy atom. The Balaban J connectivity index is 1.74. The van der Waals surface area contributed by atoms with E-state index in [-0.39, 0.29) is 18.1 Å². The SMILES string of the molecule is CCCNC1C(=O)Nc2cc(OC3COC3)ccc21. The zero-order valence-electron chi connectivity index (χ0n) is 10.9. The Kier molecular flexibility index (Phi) is 3.40. The number of nitrogens with one attached hydrogen (secondary N) is 2. The predicted molar refractivity (Wildman–Crippen MR) is 71.3 cm³/mol. The third-order valence-electron chi connectivity index (χ3n) is 3.36. The number of benzene rings is 1. The number of fused-ring (bicyclic) bond motifs is 1. The van der Waals surface area contributed by atoms with Crippen molar-refractivity contribution in [2.75, 3.05) is 25.1 Å². The van der Waals surface area contributed by atoms with E-state index in [1.807, 2.05) is 18.2 Å². The molecule has 2 aliphatic rings. The molecule has 0 saturated carbocycles. The Morgan fingerprint density at radius 1 is 1.47 bits per heavy atom. The van der Waals surface area contributed by atoms with E-state index in [1.54, 1.807) is 0 Å². The highest BCUT2D eigenvalue weighted by Gasteiger charge is 2.30. The molecule has 2 N–H and O–H groups in total. The molecule has 0 aliphatic carbocycles. The van der Waals surface area contributed by atoms with E-state index >= 15 is 0 Å². The first-order chi connectivity index (χ1) is 9.28. The summed E-state index contributed by atoms with van der Waals surface area (Å²) in [5.74, 6) is 0.788. The lowest BCUT2D eigenvalue weighted by atomic mass is 10.1. The number of anilines is 1. The summed E-state index contributed by atoms with van der Waals surface area (Å²) >= 11 is 0. The van der Waals surface area contributed by atoms with Crippen molar-refractivity contribution in [1.29, 1.82) is 0 Å². The average Bonchev–Trinajstić information content (AvgIpc) is 2.66. The Hall–Kier alpha value is -1.59. The Bertz CT molecular complexity index is 486. The monoisotopic (exact) mass is 262 g/mol. The van der Waals surface area contributed by atoms with Crippen molar-refractivity contribution < 1.29 is 14.3 Å². The molecule has 1 saturated heterocycles. The van der Waals surface area contributed by atoms with Crippen molar-refractivity contribution in [2.24, 2.45) is 0 Å². The highest BCUT2D eigenvalue weighted by molar-refractivity contribution is 6.02. The van der Waals surface area contributed by atoms with Gasteiger partial charge >= 0.3 is 0 Å². The van der Waals surface area contributed by atoms with E-state index < -0.39 is 0 Å². The smallest absolute Gasteiger partial charge is 0.246 e. The van der Waals surface area contributed by atoms with Crippen LogP contribution in [-0.2, 0) is 9.53 Å². The molecular weight excluding hydrogens is 244 g/mol. The minimum absolute atomic E-state index is 0.00702. The molecule has 2 heterocycles. The van der Waals surface area contributed by atoms with Gasteiger partial charge in [-0.3, -0.25) is 4.79 Å². The van der Waals surface area contributed by atoms with Gasteiger partial charge < -0.3 is 20.1 Å². The molecule has 102 valence electrons. The van der Waals surface area contributed by atoms with Crippen LogP contribution >= 0.6 is 0 Å². The lowest BCUT2D eigenvalue weighted by molar-refractivity contribution is -0.117. The van der Waals surface area contributed by atoms with Crippen LogP contribution in [0, 0.1) is 0 Å². The van der Waals surface area contributed by atoms with Crippen LogP contribution in [0.15, 0.2) is 18.2 Å². The molecule has 3 rings (SSSR count). The van der Waals surface area contributed by atoms with Crippen molar-refractivity contribution in [3.63, 3.8) is 0 Å². The summed E-state index contributed by atoms with van der Waals surface area (Å²) < 4.78 is 10.8. The average molecular weight is 262 g/mol. The summed E-state index contributed by atoms with van der Waals surface area (Å²) in [5.41, 5.74) is 1.84. The Morgan fingerprint density at radius 3 is 3.00 bits per heavy atom. The maximum absolute atomic E-state index is 11.9. The lowest BCUT2D eigenvalue weighted by Crippen LogP contribution is -2.38. The molecule has 1 atom stereocenters. The highest BCUT2D eigenvalue weighted by atomic mass is 16.6. The predicted octanol–water partition coefficient (Wildman–Crippen LogP) is 1.46. The summed E-state index contributed by atoms with van der Waals surface area (Å²) in [7, 11) is 0. The van der Waals surface area contributed by atoms with Crippen LogP contribution in [0.2, 0.25) is 0 Å². The third-order valence-corrected chi connectivity index (χ3v) is 3.36. The van der Waals surface area contributed by atoms with Gasteiger partial charge in [0.25, 0.3) is 0 Å². The number of ether oxygens (including phenoxy) is 2. The van der Waals surface area contributed by atoms with Crippen molar-refractivity contribution >= 4 is 11.6 Å². The second-order valence-electron chi connectivity index (χ2n) is 4.90. The van der Waals surface area contributed by atoms with E-state index in [0.717, 1.165) is 30.0 Å². The molecule has 1 aromatic rings. The molecule has 1 fully saturated rings. The highest BCUT2D eigenvalue weighted by Crippen LogP contribution is 2.34. The molecular formula is C14H18N2O3. The minimum Gasteiger partial charge on any atom is -0.486 e. The fourth-order valence-electron chi connectivity index (χ4n) is 2.28. The number of amides is 1. The molecule has 1 aromatic carbocycles. The second kappa shape index (κ2) is 5.19. The van der Waals surface area contributed by atoms with Crippen LogP contribution in [-0.4, -0.2) is 31.8 Å². The van der Waals surface area contributed by atoms with Crippen LogP contribution in [0.4, 0.5) is 5.69 Å². The largest absolute Gasteiger partial charge is 0.486 e. The van der Waals surface area contributed by atoms with E-state index in [4.69, 9.17) is 9.47 Å². The number of hydrogen-bond acceptors (Lipinski definition) is 4. The second-order valence-corrected chi connectivity index (χ2v) is 4.90. The molecule has 0 spiro atoms. The third kappa shape index (κ3) is 2.43. The van der Waals surface area contributed by atoms with Gasteiger partial charge in [-0.15, -0.1) is 0 Å². The van der Waals surface area contributed by atoms with Gasteiger partial charge in [0, 0.05) is 17.3 Å². The van der Waals surface area contributed by atoms with Gasteiger partial charge in [0.2, 0.25) is 5.91 Å². The number of rotatable bonds is 5. The fourth-order valence-corrected chi connectivity index (χ4v) is 2.28. The van der Waals surface area contributed by atoms with Crippen LogP contribution in [0.3, 0.4) is 0 Å². The van der Waals surface area contributed by atoms with Gasteiger partial charge in [-0.05, 0) is 19.0 Å². The fraction of sp³-hybridized carbons (Fsp3) is 0.500. The molecule has 5 nitrogen and oxygen atoms in total. The topological polar surface area (TPSA) is 59.6 Å². The van der Waals surface area contributed by atoms with Crippen LogP contribution in [0.5, 0.6) is 5.75 Å². The first-order valence-electron chi connectivity index (χ1n) is 6.70.